The third-order valence-corrected chi connectivity index (χ3v) is 8.59. The average Bonchev–Trinajstić information content (AvgIpc) is 2.95. The van der Waals surface area contributed by atoms with Crippen molar-refractivity contribution in [2.24, 2.45) is 23.2 Å². The van der Waals surface area contributed by atoms with Crippen LogP contribution in [0.4, 0.5) is 0 Å². The van der Waals surface area contributed by atoms with Crippen molar-refractivity contribution in [3.63, 3.8) is 0 Å². The molecule has 0 unspecified atom stereocenters. The standard InChI is InChI=1S/C22H27BrO3/c1-21-13-12-17-15(8-10-18(24)22(17,2)23)16(21)9-11-19(21)26-20(25)14-6-4-3-5-7-14/h3-7,15-17,19H,8-13H2,1-2H3/t15-,16+,17+,19+,21+,22+/m1/s1. The highest BCUT2D eigenvalue weighted by Gasteiger charge is 2.60. The molecule has 0 amide bonds. The molecule has 1 aromatic carbocycles. The molecule has 6 atom stereocenters. The van der Waals surface area contributed by atoms with Crippen molar-refractivity contribution >= 4 is 27.7 Å². The van der Waals surface area contributed by atoms with E-state index in [1.807, 2.05) is 30.3 Å². The minimum Gasteiger partial charge on any atom is -0.458 e. The van der Waals surface area contributed by atoms with E-state index in [9.17, 15) is 9.59 Å². The van der Waals surface area contributed by atoms with E-state index in [1.165, 1.54) is 0 Å². The number of benzene rings is 1. The Kier molecular flexibility index (Phi) is 4.53. The number of ether oxygens (including phenoxy) is 1. The fraction of sp³-hybridized carbons (Fsp3) is 0.636. The highest BCUT2D eigenvalue weighted by molar-refractivity contribution is 9.10. The Morgan fingerprint density at radius 2 is 1.81 bits per heavy atom. The van der Waals surface area contributed by atoms with Crippen molar-refractivity contribution in [3.8, 4) is 0 Å². The molecular weight excluding hydrogens is 392 g/mol. The number of hydrogen-bond donors (Lipinski definition) is 0. The maximum Gasteiger partial charge on any atom is 0.338 e. The van der Waals surface area contributed by atoms with Gasteiger partial charge in [-0.2, -0.15) is 0 Å². The monoisotopic (exact) mass is 418 g/mol. The summed E-state index contributed by atoms with van der Waals surface area (Å²) >= 11 is 3.77. The van der Waals surface area contributed by atoms with Gasteiger partial charge in [-0.15, -0.1) is 0 Å². The van der Waals surface area contributed by atoms with Crippen molar-refractivity contribution in [1.29, 1.82) is 0 Å². The summed E-state index contributed by atoms with van der Waals surface area (Å²) in [5.41, 5.74) is 0.666. The first-order valence-electron chi connectivity index (χ1n) is 9.82. The lowest BCUT2D eigenvalue weighted by molar-refractivity contribution is -0.130. The van der Waals surface area contributed by atoms with Crippen LogP contribution in [0, 0.1) is 23.2 Å². The van der Waals surface area contributed by atoms with Crippen LogP contribution in [0.15, 0.2) is 30.3 Å². The summed E-state index contributed by atoms with van der Waals surface area (Å²) in [6.45, 7) is 4.38. The minimum absolute atomic E-state index is 0.0136. The SMILES string of the molecule is C[C@]12CC[C@H]3[C@H](CCC(=O)[C@@]3(C)Br)[C@@H]1CC[C@@H]2OC(=O)c1ccccc1. The number of Topliss-reactive ketones (excluding diaryl/α,β-unsaturated/α-hetero) is 1. The molecule has 140 valence electrons. The van der Waals surface area contributed by atoms with Crippen molar-refractivity contribution in [2.75, 3.05) is 0 Å². The number of carbonyl (C=O) groups is 2. The Labute approximate surface area is 164 Å². The van der Waals surface area contributed by atoms with Gasteiger partial charge >= 0.3 is 5.97 Å². The minimum atomic E-state index is -0.379. The first-order valence-corrected chi connectivity index (χ1v) is 10.6. The van der Waals surface area contributed by atoms with Gasteiger partial charge in [0.25, 0.3) is 0 Å². The summed E-state index contributed by atoms with van der Waals surface area (Å²) < 4.78 is 5.63. The molecule has 3 saturated carbocycles. The maximum absolute atomic E-state index is 12.6. The van der Waals surface area contributed by atoms with Gasteiger partial charge in [-0.3, -0.25) is 4.79 Å². The molecule has 0 bridgehead atoms. The Bertz CT molecular complexity index is 713. The Morgan fingerprint density at radius 3 is 2.54 bits per heavy atom. The average molecular weight is 419 g/mol. The van der Waals surface area contributed by atoms with E-state index in [4.69, 9.17) is 4.74 Å². The van der Waals surface area contributed by atoms with Crippen LogP contribution in [0.1, 0.15) is 62.7 Å². The van der Waals surface area contributed by atoms with E-state index in [2.05, 4.69) is 29.8 Å². The van der Waals surface area contributed by atoms with Crippen LogP contribution in [0.5, 0.6) is 0 Å². The first-order chi connectivity index (χ1) is 12.3. The van der Waals surface area contributed by atoms with E-state index >= 15 is 0 Å². The summed E-state index contributed by atoms with van der Waals surface area (Å²) in [5, 5.41) is 0. The van der Waals surface area contributed by atoms with Crippen molar-refractivity contribution in [3.05, 3.63) is 35.9 Å². The molecule has 3 fully saturated rings. The highest BCUT2D eigenvalue weighted by atomic mass is 79.9. The third-order valence-electron chi connectivity index (χ3n) is 7.56. The van der Waals surface area contributed by atoms with Crippen LogP contribution in [0.2, 0.25) is 0 Å². The van der Waals surface area contributed by atoms with Crippen LogP contribution in [-0.4, -0.2) is 22.2 Å². The molecule has 3 nitrogen and oxygen atoms in total. The second-order valence-corrected chi connectivity index (χ2v) is 10.4. The molecule has 4 rings (SSSR count). The lowest BCUT2D eigenvalue weighted by Crippen LogP contribution is -2.54. The number of ketones is 1. The Balaban J connectivity index is 1.53. The Hall–Kier alpha value is -1.16. The van der Waals surface area contributed by atoms with E-state index < -0.39 is 0 Å². The van der Waals surface area contributed by atoms with Crippen LogP contribution in [0.3, 0.4) is 0 Å². The van der Waals surface area contributed by atoms with E-state index in [1.54, 1.807) is 0 Å². The number of rotatable bonds is 2. The molecule has 0 radical (unpaired) electrons. The van der Waals surface area contributed by atoms with Gasteiger partial charge in [-0.25, -0.2) is 4.79 Å². The molecule has 0 saturated heterocycles. The zero-order chi connectivity index (χ0) is 18.5. The highest BCUT2D eigenvalue weighted by Crippen LogP contribution is 2.62. The molecule has 0 spiro atoms. The largest absolute Gasteiger partial charge is 0.458 e. The van der Waals surface area contributed by atoms with Crippen LogP contribution < -0.4 is 0 Å². The summed E-state index contributed by atoms with van der Waals surface area (Å²) in [4.78, 5) is 25.0. The van der Waals surface area contributed by atoms with Crippen LogP contribution in [0.25, 0.3) is 0 Å². The number of alkyl halides is 1. The van der Waals surface area contributed by atoms with Crippen LogP contribution >= 0.6 is 15.9 Å². The molecular formula is C22H27BrO3. The molecule has 1 aromatic rings. The third kappa shape index (κ3) is 2.76. The topological polar surface area (TPSA) is 43.4 Å². The maximum atomic E-state index is 12.6. The summed E-state index contributed by atoms with van der Waals surface area (Å²) in [6, 6.07) is 9.29. The predicted octanol–water partition coefficient (Wildman–Crippen LogP) is 5.17. The lowest BCUT2D eigenvalue weighted by Gasteiger charge is -2.53. The predicted molar refractivity (Wildman–Crippen MR) is 104 cm³/mol. The van der Waals surface area contributed by atoms with E-state index in [-0.39, 0.29) is 21.8 Å². The Morgan fingerprint density at radius 1 is 1.08 bits per heavy atom. The number of carbonyl (C=O) groups excluding carboxylic acids is 2. The normalized spacial score (nSPS) is 42.0. The van der Waals surface area contributed by atoms with Gasteiger partial charge in [-0.1, -0.05) is 41.1 Å². The van der Waals surface area contributed by atoms with Crippen molar-refractivity contribution < 1.29 is 14.3 Å². The number of fused-ring (bicyclic) bond motifs is 3. The van der Waals surface area contributed by atoms with Gasteiger partial charge in [0, 0.05) is 11.8 Å². The van der Waals surface area contributed by atoms with Gasteiger partial charge in [0.1, 0.15) is 11.9 Å². The smallest absolute Gasteiger partial charge is 0.338 e. The van der Waals surface area contributed by atoms with Crippen LogP contribution in [-0.2, 0) is 9.53 Å². The molecule has 4 heteroatoms. The quantitative estimate of drug-likeness (QED) is 0.491. The van der Waals surface area contributed by atoms with Gasteiger partial charge in [0.15, 0.2) is 0 Å². The van der Waals surface area contributed by atoms with E-state index in [0.717, 1.165) is 32.1 Å². The second-order valence-electron chi connectivity index (χ2n) is 8.80. The molecule has 0 N–H and O–H groups in total. The zero-order valence-corrected chi connectivity index (χ0v) is 17.1. The van der Waals surface area contributed by atoms with Gasteiger partial charge in [0.2, 0.25) is 0 Å². The number of hydrogen-bond acceptors (Lipinski definition) is 3. The fourth-order valence-electron chi connectivity index (χ4n) is 6.03. The van der Waals surface area contributed by atoms with Gasteiger partial charge < -0.3 is 4.74 Å². The van der Waals surface area contributed by atoms with Crippen molar-refractivity contribution in [1.82, 2.24) is 0 Å². The summed E-state index contributed by atoms with van der Waals surface area (Å²) in [7, 11) is 0. The second kappa shape index (κ2) is 6.47. The molecule has 0 aromatic heterocycles. The molecule has 26 heavy (non-hydrogen) atoms. The first kappa shape index (κ1) is 18.2. The lowest BCUT2D eigenvalue weighted by atomic mass is 9.54. The molecule has 3 aliphatic carbocycles. The zero-order valence-electron chi connectivity index (χ0n) is 15.5. The number of halogens is 1. The number of esters is 1. The molecule has 3 aliphatic rings. The summed E-state index contributed by atoms with van der Waals surface area (Å²) in [5.74, 6) is 1.65. The van der Waals surface area contributed by atoms with E-state index in [0.29, 0.717) is 35.5 Å². The summed E-state index contributed by atoms with van der Waals surface area (Å²) in [6.07, 6.45) is 5.75. The van der Waals surface area contributed by atoms with Crippen molar-refractivity contribution in [2.45, 2.75) is 62.8 Å². The van der Waals surface area contributed by atoms with Gasteiger partial charge in [0.05, 0.1) is 9.89 Å². The molecule has 0 heterocycles. The molecule has 0 aliphatic heterocycles. The van der Waals surface area contributed by atoms with Gasteiger partial charge in [-0.05, 0) is 68.9 Å². The fourth-order valence-corrected chi connectivity index (χ4v) is 6.80.